The first-order chi connectivity index (χ1) is 13.2. The number of nitrogens with zero attached hydrogens (tertiary/aromatic N) is 4. The molecule has 1 amide bonds. The Labute approximate surface area is 158 Å². The number of hydrogen-bond donors (Lipinski definition) is 1. The second-order valence-corrected chi connectivity index (χ2v) is 6.41. The van der Waals surface area contributed by atoms with Gasteiger partial charge >= 0.3 is 0 Å². The van der Waals surface area contributed by atoms with Gasteiger partial charge in [-0.3, -0.25) is 9.69 Å². The summed E-state index contributed by atoms with van der Waals surface area (Å²) in [6, 6.07) is 7.97. The van der Waals surface area contributed by atoms with Crippen LogP contribution in [0.1, 0.15) is 12.0 Å². The Morgan fingerprint density at radius 1 is 1.15 bits per heavy atom. The number of aromatic nitrogens is 2. The molecule has 1 saturated heterocycles. The highest BCUT2D eigenvalue weighted by atomic mass is 19.1. The molecule has 0 aliphatic carbocycles. The van der Waals surface area contributed by atoms with Crippen molar-refractivity contribution >= 4 is 17.9 Å². The van der Waals surface area contributed by atoms with Crippen molar-refractivity contribution in [2.45, 2.75) is 6.42 Å². The van der Waals surface area contributed by atoms with Crippen LogP contribution in [0.15, 0.2) is 48.8 Å². The van der Waals surface area contributed by atoms with Crippen molar-refractivity contribution in [2.75, 3.05) is 44.2 Å². The normalized spacial score (nSPS) is 15.2. The van der Waals surface area contributed by atoms with E-state index >= 15 is 0 Å². The van der Waals surface area contributed by atoms with Crippen molar-refractivity contribution in [1.29, 1.82) is 0 Å². The Bertz CT molecular complexity index is 760. The fraction of sp³-hybridized carbons (Fsp3) is 0.350. The smallest absolute Gasteiger partial charge is 0.243 e. The van der Waals surface area contributed by atoms with Gasteiger partial charge in [0.1, 0.15) is 5.82 Å². The standard InChI is InChI=1S/C20H24FN5O/c21-18-5-1-4-17(16-18)6-7-19(27)22-10-3-11-25-12-14-26(15-13-25)20-23-8-2-9-24-20/h1-2,4-9,16H,3,10-15H2,(H,22,27)/b7-6+. The van der Waals surface area contributed by atoms with Gasteiger partial charge in [0, 0.05) is 51.2 Å². The molecule has 1 N–H and O–H groups in total. The average Bonchev–Trinajstić information content (AvgIpc) is 2.71. The number of rotatable bonds is 7. The summed E-state index contributed by atoms with van der Waals surface area (Å²) in [5, 5.41) is 2.87. The molecule has 1 aromatic heterocycles. The third kappa shape index (κ3) is 6.14. The van der Waals surface area contributed by atoms with E-state index in [-0.39, 0.29) is 11.7 Å². The Morgan fingerprint density at radius 2 is 1.93 bits per heavy atom. The molecular formula is C20H24FN5O. The summed E-state index contributed by atoms with van der Waals surface area (Å²) in [4.78, 5) is 25.0. The second kappa shape index (κ2) is 9.78. The molecule has 2 heterocycles. The van der Waals surface area contributed by atoms with Gasteiger partial charge in [-0.1, -0.05) is 12.1 Å². The van der Waals surface area contributed by atoms with Crippen molar-refractivity contribution in [1.82, 2.24) is 20.2 Å². The Morgan fingerprint density at radius 3 is 2.67 bits per heavy atom. The maximum Gasteiger partial charge on any atom is 0.243 e. The van der Waals surface area contributed by atoms with E-state index in [0.29, 0.717) is 12.1 Å². The van der Waals surface area contributed by atoms with Crippen LogP contribution < -0.4 is 10.2 Å². The zero-order valence-electron chi connectivity index (χ0n) is 15.2. The minimum atomic E-state index is -0.309. The molecule has 0 saturated carbocycles. The fourth-order valence-corrected chi connectivity index (χ4v) is 2.98. The van der Waals surface area contributed by atoms with Crippen LogP contribution in [0.4, 0.5) is 10.3 Å². The summed E-state index contributed by atoms with van der Waals surface area (Å²) in [5.41, 5.74) is 0.672. The molecule has 2 aromatic rings. The molecule has 142 valence electrons. The van der Waals surface area contributed by atoms with Crippen LogP contribution >= 0.6 is 0 Å². The highest BCUT2D eigenvalue weighted by molar-refractivity contribution is 5.91. The minimum absolute atomic E-state index is 0.162. The quantitative estimate of drug-likeness (QED) is 0.597. The summed E-state index contributed by atoms with van der Waals surface area (Å²) in [6.45, 7) is 5.31. The topological polar surface area (TPSA) is 61.4 Å². The van der Waals surface area contributed by atoms with Crippen LogP contribution in [-0.2, 0) is 4.79 Å². The largest absolute Gasteiger partial charge is 0.353 e. The van der Waals surface area contributed by atoms with Gasteiger partial charge < -0.3 is 10.2 Å². The van der Waals surface area contributed by atoms with E-state index in [1.54, 1.807) is 30.6 Å². The molecule has 0 atom stereocenters. The van der Waals surface area contributed by atoms with Crippen LogP contribution in [-0.4, -0.2) is 60.0 Å². The van der Waals surface area contributed by atoms with Gasteiger partial charge in [-0.15, -0.1) is 0 Å². The molecule has 1 aromatic carbocycles. The first-order valence-electron chi connectivity index (χ1n) is 9.16. The van der Waals surface area contributed by atoms with Gasteiger partial charge in [-0.25, -0.2) is 14.4 Å². The van der Waals surface area contributed by atoms with Crippen LogP contribution in [0, 0.1) is 5.82 Å². The predicted molar refractivity (Wildman–Crippen MR) is 104 cm³/mol. The number of anilines is 1. The lowest BCUT2D eigenvalue weighted by molar-refractivity contribution is -0.116. The van der Waals surface area contributed by atoms with E-state index in [2.05, 4.69) is 25.1 Å². The summed E-state index contributed by atoms with van der Waals surface area (Å²) < 4.78 is 13.1. The molecule has 0 spiro atoms. The first-order valence-corrected chi connectivity index (χ1v) is 9.16. The lowest BCUT2D eigenvalue weighted by Crippen LogP contribution is -2.47. The third-order valence-electron chi connectivity index (χ3n) is 4.43. The lowest BCUT2D eigenvalue weighted by atomic mass is 10.2. The van der Waals surface area contributed by atoms with E-state index in [1.807, 2.05) is 6.07 Å². The number of hydrogen-bond acceptors (Lipinski definition) is 5. The van der Waals surface area contributed by atoms with Crippen LogP contribution in [0.25, 0.3) is 6.08 Å². The maximum atomic E-state index is 13.1. The number of amides is 1. The summed E-state index contributed by atoms with van der Waals surface area (Å²) >= 11 is 0. The van der Waals surface area contributed by atoms with Crippen molar-refractivity contribution in [3.8, 4) is 0 Å². The summed E-state index contributed by atoms with van der Waals surface area (Å²) in [6.07, 6.45) is 7.47. The SMILES string of the molecule is O=C(/C=C/c1cccc(F)c1)NCCCN1CCN(c2ncccn2)CC1. The molecule has 1 aliphatic rings. The van der Waals surface area contributed by atoms with Crippen molar-refractivity contribution in [3.05, 3.63) is 60.2 Å². The van der Waals surface area contributed by atoms with E-state index in [9.17, 15) is 9.18 Å². The maximum absolute atomic E-state index is 13.1. The molecule has 1 fully saturated rings. The van der Waals surface area contributed by atoms with E-state index in [4.69, 9.17) is 0 Å². The van der Waals surface area contributed by atoms with Gasteiger partial charge in [-0.2, -0.15) is 0 Å². The molecular weight excluding hydrogens is 345 g/mol. The van der Waals surface area contributed by atoms with Gasteiger partial charge in [0.15, 0.2) is 0 Å². The fourth-order valence-electron chi connectivity index (χ4n) is 2.98. The summed E-state index contributed by atoms with van der Waals surface area (Å²) in [5.74, 6) is 0.316. The van der Waals surface area contributed by atoms with Crippen LogP contribution in [0.2, 0.25) is 0 Å². The Balaban J connectivity index is 1.31. The minimum Gasteiger partial charge on any atom is -0.353 e. The number of nitrogens with one attached hydrogen (secondary N) is 1. The van der Waals surface area contributed by atoms with E-state index in [0.717, 1.165) is 45.1 Å². The lowest BCUT2D eigenvalue weighted by Gasteiger charge is -2.34. The third-order valence-corrected chi connectivity index (χ3v) is 4.43. The summed E-state index contributed by atoms with van der Waals surface area (Å²) in [7, 11) is 0. The predicted octanol–water partition coefficient (Wildman–Crippen LogP) is 1.96. The molecule has 1 aliphatic heterocycles. The van der Waals surface area contributed by atoms with Crippen molar-refractivity contribution in [2.24, 2.45) is 0 Å². The van der Waals surface area contributed by atoms with Crippen molar-refractivity contribution in [3.63, 3.8) is 0 Å². The number of benzene rings is 1. The van der Waals surface area contributed by atoms with Crippen molar-refractivity contribution < 1.29 is 9.18 Å². The number of carbonyl (C=O) groups excluding carboxylic acids is 1. The molecule has 0 unspecified atom stereocenters. The van der Waals surface area contributed by atoms with Gasteiger partial charge in [0.05, 0.1) is 0 Å². The number of piperazine rings is 1. The molecule has 0 radical (unpaired) electrons. The van der Waals surface area contributed by atoms with E-state index < -0.39 is 0 Å². The number of carbonyl (C=O) groups is 1. The van der Waals surface area contributed by atoms with Crippen LogP contribution in [0.3, 0.4) is 0 Å². The highest BCUT2D eigenvalue weighted by Gasteiger charge is 2.18. The highest BCUT2D eigenvalue weighted by Crippen LogP contribution is 2.09. The average molecular weight is 369 g/mol. The van der Waals surface area contributed by atoms with E-state index in [1.165, 1.54) is 18.2 Å². The zero-order valence-corrected chi connectivity index (χ0v) is 15.2. The monoisotopic (exact) mass is 369 g/mol. The molecule has 3 rings (SSSR count). The number of halogens is 1. The second-order valence-electron chi connectivity index (χ2n) is 6.41. The zero-order chi connectivity index (χ0) is 18.9. The van der Waals surface area contributed by atoms with Gasteiger partial charge in [0.25, 0.3) is 0 Å². The van der Waals surface area contributed by atoms with Crippen LogP contribution in [0.5, 0.6) is 0 Å². The Kier molecular flexibility index (Phi) is 6.87. The Hall–Kier alpha value is -2.80. The first kappa shape index (κ1) is 19.0. The van der Waals surface area contributed by atoms with Gasteiger partial charge in [-0.05, 0) is 42.8 Å². The molecule has 7 heteroatoms. The van der Waals surface area contributed by atoms with Gasteiger partial charge in [0.2, 0.25) is 11.9 Å². The molecule has 0 bridgehead atoms. The molecule has 6 nitrogen and oxygen atoms in total. The molecule has 27 heavy (non-hydrogen) atoms.